The maximum Gasteiger partial charge on any atom is 0.118 e. The first kappa shape index (κ1) is 14.8. The third-order valence-electron chi connectivity index (χ3n) is 3.78. The summed E-state index contributed by atoms with van der Waals surface area (Å²) >= 11 is 1.84. The van der Waals surface area contributed by atoms with Crippen LogP contribution in [0.5, 0.6) is 0 Å². The van der Waals surface area contributed by atoms with Crippen LogP contribution in [0.4, 0.5) is 0 Å². The molecule has 21 heavy (non-hydrogen) atoms. The molecule has 1 N–H and O–H groups in total. The van der Waals surface area contributed by atoms with Gasteiger partial charge in [0.1, 0.15) is 5.76 Å². The highest BCUT2D eigenvalue weighted by Crippen LogP contribution is 2.30. The highest BCUT2D eigenvalue weighted by molar-refractivity contribution is 7.09. The van der Waals surface area contributed by atoms with Gasteiger partial charge in [-0.2, -0.15) is 0 Å². The minimum Gasteiger partial charge on any atom is -0.468 e. The molecule has 0 aliphatic heterocycles. The van der Waals surface area contributed by atoms with E-state index in [1.54, 1.807) is 0 Å². The van der Waals surface area contributed by atoms with E-state index in [1.165, 1.54) is 23.3 Å². The number of hydrogen-bond donors (Lipinski definition) is 1. The fraction of sp³-hybridized carbons (Fsp3) is 0.529. The molecule has 0 saturated heterocycles. The van der Waals surface area contributed by atoms with Gasteiger partial charge >= 0.3 is 0 Å². The molecule has 0 bridgehead atoms. The van der Waals surface area contributed by atoms with Crippen molar-refractivity contribution in [2.24, 2.45) is 0 Å². The highest BCUT2D eigenvalue weighted by atomic mass is 32.1. The van der Waals surface area contributed by atoms with Gasteiger partial charge in [0.25, 0.3) is 0 Å². The second-order valence-electron chi connectivity index (χ2n) is 6.17. The third-order valence-corrected chi connectivity index (χ3v) is 4.64. The van der Waals surface area contributed by atoms with Gasteiger partial charge in [0.2, 0.25) is 0 Å². The summed E-state index contributed by atoms with van der Waals surface area (Å²) < 4.78 is 5.75. The predicted octanol–water partition coefficient (Wildman–Crippen LogP) is 4.00. The molecule has 3 rings (SSSR count). The summed E-state index contributed by atoms with van der Waals surface area (Å²) in [6.07, 6.45) is 4.54. The maximum absolute atomic E-state index is 5.75. The molecule has 3 nitrogen and oxygen atoms in total. The van der Waals surface area contributed by atoms with Crippen LogP contribution in [-0.2, 0) is 19.6 Å². The van der Waals surface area contributed by atoms with Gasteiger partial charge in [0.05, 0.1) is 12.8 Å². The van der Waals surface area contributed by atoms with Crippen molar-refractivity contribution in [2.45, 2.75) is 58.4 Å². The molecular weight excluding hydrogens is 280 g/mol. The molecule has 0 aromatic carbocycles. The van der Waals surface area contributed by atoms with Crippen molar-refractivity contribution >= 4 is 11.3 Å². The lowest BCUT2D eigenvalue weighted by Gasteiger charge is -2.19. The quantitative estimate of drug-likeness (QED) is 0.799. The van der Waals surface area contributed by atoms with Gasteiger partial charge in [-0.3, -0.25) is 4.90 Å². The van der Waals surface area contributed by atoms with Crippen LogP contribution in [0.1, 0.15) is 42.9 Å². The van der Waals surface area contributed by atoms with Gasteiger partial charge in [-0.1, -0.05) is 19.9 Å². The average molecular weight is 304 g/mol. The molecule has 2 aromatic heterocycles. The number of thiophene rings is 1. The van der Waals surface area contributed by atoms with Crippen molar-refractivity contribution in [3.8, 4) is 0 Å². The Hall–Kier alpha value is -1.10. The molecule has 0 radical (unpaired) electrons. The zero-order valence-corrected chi connectivity index (χ0v) is 13.7. The standard InChI is InChI=1S/C17H24N2OS/c1-13(2)18-9-14-8-16(20-12-14)10-19(15-5-6-15)11-17-4-3-7-21-17/h3-4,7-8,12-13,15,18H,5-6,9-11H2,1-2H3. The molecule has 1 fully saturated rings. The van der Waals surface area contributed by atoms with Crippen LogP contribution in [0.2, 0.25) is 0 Å². The zero-order valence-electron chi connectivity index (χ0n) is 12.8. The lowest BCUT2D eigenvalue weighted by Crippen LogP contribution is -2.24. The van der Waals surface area contributed by atoms with Gasteiger partial charge in [-0.05, 0) is 30.4 Å². The van der Waals surface area contributed by atoms with Gasteiger partial charge < -0.3 is 9.73 Å². The van der Waals surface area contributed by atoms with Crippen LogP contribution in [-0.4, -0.2) is 17.0 Å². The zero-order chi connectivity index (χ0) is 14.7. The smallest absolute Gasteiger partial charge is 0.118 e. The average Bonchev–Trinajstić information content (AvgIpc) is 2.99. The largest absolute Gasteiger partial charge is 0.468 e. The van der Waals surface area contributed by atoms with Gasteiger partial charge in [0.15, 0.2) is 0 Å². The van der Waals surface area contributed by atoms with Crippen LogP contribution in [0.15, 0.2) is 34.3 Å². The van der Waals surface area contributed by atoms with Crippen molar-refractivity contribution in [2.75, 3.05) is 0 Å². The molecule has 1 aliphatic rings. The molecule has 0 spiro atoms. The molecular formula is C17H24N2OS. The lowest BCUT2D eigenvalue weighted by molar-refractivity contribution is 0.227. The second kappa shape index (κ2) is 6.77. The first-order valence-electron chi connectivity index (χ1n) is 7.77. The summed E-state index contributed by atoms with van der Waals surface area (Å²) in [7, 11) is 0. The summed E-state index contributed by atoms with van der Waals surface area (Å²) in [6, 6.07) is 7.80. The Balaban J connectivity index is 1.58. The van der Waals surface area contributed by atoms with E-state index in [0.717, 1.165) is 31.4 Å². The van der Waals surface area contributed by atoms with Crippen molar-refractivity contribution in [3.63, 3.8) is 0 Å². The van der Waals surface area contributed by atoms with Crippen molar-refractivity contribution in [1.82, 2.24) is 10.2 Å². The molecule has 2 aromatic rings. The van der Waals surface area contributed by atoms with Crippen LogP contribution < -0.4 is 5.32 Å². The Morgan fingerprint density at radius 1 is 1.38 bits per heavy atom. The molecule has 4 heteroatoms. The normalized spacial score (nSPS) is 15.2. The molecule has 0 amide bonds. The molecule has 0 unspecified atom stereocenters. The minimum atomic E-state index is 0.505. The van der Waals surface area contributed by atoms with E-state index in [0.29, 0.717) is 6.04 Å². The van der Waals surface area contributed by atoms with E-state index in [9.17, 15) is 0 Å². The Morgan fingerprint density at radius 2 is 2.24 bits per heavy atom. The first-order valence-corrected chi connectivity index (χ1v) is 8.65. The number of furan rings is 1. The number of nitrogens with one attached hydrogen (secondary N) is 1. The molecule has 1 aliphatic carbocycles. The topological polar surface area (TPSA) is 28.4 Å². The Morgan fingerprint density at radius 3 is 2.90 bits per heavy atom. The van der Waals surface area contributed by atoms with E-state index < -0.39 is 0 Å². The molecule has 0 atom stereocenters. The van der Waals surface area contributed by atoms with Gasteiger partial charge in [-0.15, -0.1) is 11.3 Å². The van der Waals surface area contributed by atoms with Gasteiger partial charge in [-0.25, -0.2) is 0 Å². The SMILES string of the molecule is CC(C)NCc1coc(CN(Cc2cccs2)C2CC2)c1. The van der Waals surface area contributed by atoms with Crippen LogP contribution in [0.3, 0.4) is 0 Å². The lowest BCUT2D eigenvalue weighted by atomic mass is 10.2. The van der Waals surface area contributed by atoms with Crippen LogP contribution in [0, 0.1) is 0 Å². The van der Waals surface area contributed by atoms with E-state index in [1.807, 2.05) is 17.6 Å². The second-order valence-corrected chi connectivity index (χ2v) is 7.20. The Kier molecular flexibility index (Phi) is 4.78. The van der Waals surface area contributed by atoms with Crippen molar-refractivity contribution < 1.29 is 4.42 Å². The Bertz CT molecular complexity index is 543. The highest BCUT2D eigenvalue weighted by Gasteiger charge is 2.29. The number of hydrogen-bond acceptors (Lipinski definition) is 4. The fourth-order valence-corrected chi connectivity index (χ4v) is 3.21. The number of nitrogens with zero attached hydrogens (tertiary/aromatic N) is 1. The summed E-state index contributed by atoms with van der Waals surface area (Å²) in [5, 5.41) is 5.58. The Labute approximate surface area is 131 Å². The van der Waals surface area contributed by atoms with Crippen molar-refractivity contribution in [3.05, 3.63) is 46.0 Å². The van der Waals surface area contributed by atoms with E-state index >= 15 is 0 Å². The summed E-state index contributed by atoms with van der Waals surface area (Å²) in [5.41, 5.74) is 1.24. The minimum absolute atomic E-state index is 0.505. The van der Waals surface area contributed by atoms with Crippen LogP contribution in [0.25, 0.3) is 0 Å². The maximum atomic E-state index is 5.75. The first-order chi connectivity index (χ1) is 10.2. The van der Waals surface area contributed by atoms with E-state index in [4.69, 9.17) is 4.42 Å². The summed E-state index contributed by atoms with van der Waals surface area (Å²) in [6.45, 7) is 7.18. The van der Waals surface area contributed by atoms with E-state index in [2.05, 4.69) is 47.6 Å². The summed E-state index contributed by atoms with van der Waals surface area (Å²) in [4.78, 5) is 3.99. The van der Waals surface area contributed by atoms with E-state index in [-0.39, 0.29) is 0 Å². The molecule has 1 saturated carbocycles. The summed E-state index contributed by atoms with van der Waals surface area (Å²) in [5.74, 6) is 1.08. The third kappa shape index (κ3) is 4.43. The van der Waals surface area contributed by atoms with Gasteiger partial charge in [0, 0.05) is 35.6 Å². The monoisotopic (exact) mass is 304 g/mol. The van der Waals surface area contributed by atoms with Crippen molar-refractivity contribution in [1.29, 1.82) is 0 Å². The number of rotatable bonds is 8. The molecule has 114 valence electrons. The molecule has 2 heterocycles. The fourth-order valence-electron chi connectivity index (χ4n) is 2.48. The van der Waals surface area contributed by atoms with Crippen LogP contribution >= 0.6 is 11.3 Å². The predicted molar refractivity (Wildman–Crippen MR) is 87.3 cm³/mol.